The van der Waals surface area contributed by atoms with Crippen molar-refractivity contribution in [1.82, 2.24) is 9.21 Å². The van der Waals surface area contributed by atoms with E-state index in [0.29, 0.717) is 13.1 Å². The van der Waals surface area contributed by atoms with Gasteiger partial charge in [0.05, 0.1) is 12.8 Å². The summed E-state index contributed by atoms with van der Waals surface area (Å²) < 4.78 is 23.4. The van der Waals surface area contributed by atoms with Crippen LogP contribution in [0.1, 0.15) is 12.8 Å². The predicted molar refractivity (Wildman–Crippen MR) is 61.3 cm³/mol. The second-order valence-electron chi connectivity index (χ2n) is 4.14. The van der Waals surface area contributed by atoms with Crippen LogP contribution < -0.4 is 5.73 Å². The summed E-state index contributed by atoms with van der Waals surface area (Å²) >= 11 is 0. The second kappa shape index (κ2) is 5.11. The number of sulfonamides is 1. The highest BCUT2D eigenvalue weighted by Gasteiger charge is 2.29. The SMILES string of the molecule is CN(CC(=O)N1CCCC1CN)S(C)(=O)=O. The van der Waals surface area contributed by atoms with Crippen LogP contribution in [0, 0.1) is 0 Å². The molecule has 0 saturated carbocycles. The summed E-state index contributed by atoms with van der Waals surface area (Å²) in [5, 5.41) is 0. The molecule has 16 heavy (non-hydrogen) atoms. The van der Waals surface area contributed by atoms with Gasteiger partial charge < -0.3 is 10.6 Å². The van der Waals surface area contributed by atoms with Gasteiger partial charge in [-0.15, -0.1) is 0 Å². The van der Waals surface area contributed by atoms with Crippen molar-refractivity contribution in [2.75, 3.05) is 32.9 Å². The molecule has 7 heteroatoms. The van der Waals surface area contributed by atoms with Gasteiger partial charge in [0.2, 0.25) is 15.9 Å². The highest BCUT2D eigenvalue weighted by atomic mass is 32.2. The Morgan fingerprint density at radius 1 is 1.56 bits per heavy atom. The molecule has 0 radical (unpaired) electrons. The molecular weight excluding hydrogens is 230 g/mol. The Labute approximate surface area is 96.4 Å². The van der Waals surface area contributed by atoms with Gasteiger partial charge in [0.25, 0.3) is 0 Å². The Balaban J connectivity index is 2.59. The van der Waals surface area contributed by atoms with E-state index in [1.54, 1.807) is 4.90 Å². The van der Waals surface area contributed by atoms with Crippen molar-refractivity contribution in [1.29, 1.82) is 0 Å². The Morgan fingerprint density at radius 3 is 2.69 bits per heavy atom. The van der Waals surface area contributed by atoms with Crippen LogP contribution >= 0.6 is 0 Å². The first-order valence-corrected chi connectivity index (χ1v) is 7.12. The van der Waals surface area contributed by atoms with Crippen molar-refractivity contribution in [2.45, 2.75) is 18.9 Å². The number of nitrogens with two attached hydrogens (primary N) is 1. The summed E-state index contributed by atoms with van der Waals surface area (Å²) in [5.74, 6) is -0.166. The summed E-state index contributed by atoms with van der Waals surface area (Å²) in [4.78, 5) is 13.5. The molecule has 6 nitrogen and oxygen atoms in total. The Bertz CT molecular complexity index is 355. The summed E-state index contributed by atoms with van der Waals surface area (Å²) in [6.07, 6.45) is 2.94. The lowest BCUT2D eigenvalue weighted by atomic mass is 10.2. The highest BCUT2D eigenvalue weighted by Crippen LogP contribution is 2.16. The van der Waals surface area contributed by atoms with Crippen LogP contribution in [-0.4, -0.2) is 62.5 Å². The molecular formula is C9H19N3O3S. The van der Waals surface area contributed by atoms with E-state index in [0.717, 1.165) is 23.4 Å². The van der Waals surface area contributed by atoms with Crippen LogP contribution in [0.25, 0.3) is 0 Å². The summed E-state index contributed by atoms with van der Waals surface area (Å²) in [6, 6.07) is 0.0699. The van der Waals surface area contributed by atoms with E-state index in [9.17, 15) is 13.2 Å². The smallest absolute Gasteiger partial charge is 0.238 e. The minimum absolute atomic E-state index is 0.0699. The molecule has 0 bridgehead atoms. The minimum Gasteiger partial charge on any atom is -0.337 e. The van der Waals surface area contributed by atoms with Crippen LogP contribution in [0.5, 0.6) is 0 Å². The topological polar surface area (TPSA) is 83.7 Å². The standard InChI is InChI=1S/C9H19N3O3S/c1-11(16(2,14)15)7-9(13)12-5-3-4-8(12)6-10/h8H,3-7,10H2,1-2H3. The lowest BCUT2D eigenvalue weighted by Crippen LogP contribution is -2.45. The van der Waals surface area contributed by atoms with Gasteiger partial charge in [-0.1, -0.05) is 0 Å². The van der Waals surface area contributed by atoms with Crippen LogP contribution in [0.15, 0.2) is 0 Å². The molecule has 0 aliphatic carbocycles. The van der Waals surface area contributed by atoms with Crippen molar-refractivity contribution in [2.24, 2.45) is 5.73 Å². The molecule has 1 heterocycles. The van der Waals surface area contributed by atoms with Crippen LogP contribution in [0.4, 0.5) is 0 Å². The number of carbonyl (C=O) groups excluding carboxylic acids is 1. The zero-order valence-corrected chi connectivity index (χ0v) is 10.5. The first kappa shape index (κ1) is 13.4. The molecule has 1 aliphatic rings. The third-order valence-corrected chi connectivity index (χ3v) is 4.16. The van der Waals surface area contributed by atoms with Crippen LogP contribution in [0.2, 0.25) is 0 Å². The van der Waals surface area contributed by atoms with E-state index < -0.39 is 10.0 Å². The van der Waals surface area contributed by atoms with Gasteiger partial charge >= 0.3 is 0 Å². The van der Waals surface area contributed by atoms with E-state index in [1.165, 1.54) is 7.05 Å². The molecule has 0 spiro atoms. The van der Waals surface area contributed by atoms with Gasteiger partial charge in [-0.3, -0.25) is 4.79 Å². The van der Waals surface area contributed by atoms with Gasteiger partial charge in [0.15, 0.2) is 0 Å². The third kappa shape index (κ3) is 3.16. The Kier molecular flexibility index (Phi) is 4.28. The van der Waals surface area contributed by atoms with Gasteiger partial charge in [0, 0.05) is 26.2 Å². The van der Waals surface area contributed by atoms with Crippen LogP contribution in [0.3, 0.4) is 0 Å². The molecule has 1 unspecified atom stereocenters. The van der Waals surface area contributed by atoms with E-state index in [2.05, 4.69) is 0 Å². The maximum absolute atomic E-state index is 11.8. The number of likely N-dealkylation sites (N-methyl/N-ethyl adjacent to an activating group) is 1. The van der Waals surface area contributed by atoms with Gasteiger partial charge in [-0.25, -0.2) is 8.42 Å². The molecule has 1 atom stereocenters. The molecule has 1 saturated heterocycles. The molecule has 0 aromatic carbocycles. The number of hydrogen-bond acceptors (Lipinski definition) is 4. The number of hydrogen-bond donors (Lipinski definition) is 1. The lowest BCUT2D eigenvalue weighted by Gasteiger charge is -2.25. The Hall–Kier alpha value is -0.660. The normalized spacial score (nSPS) is 21.8. The maximum Gasteiger partial charge on any atom is 0.238 e. The first-order valence-electron chi connectivity index (χ1n) is 5.27. The molecule has 1 amide bonds. The van der Waals surface area contributed by atoms with E-state index in [4.69, 9.17) is 5.73 Å². The first-order chi connectivity index (χ1) is 7.36. The average Bonchev–Trinajstić information content (AvgIpc) is 2.63. The quantitative estimate of drug-likeness (QED) is 0.680. The highest BCUT2D eigenvalue weighted by molar-refractivity contribution is 7.88. The average molecular weight is 249 g/mol. The fourth-order valence-corrected chi connectivity index (χ4v) is 2.15. The van der Waals surface area contributed by atoms with Crippen molar-refractivity contribution < 1.29 is 13.2 Å². The predicted octanol–water partition coefficient (Wildman–Crippen LogP) is -1.17. The fourth-order valence-electron chi connectivity index (χ4n) is 1.81. The number of nitrogens with zero attached hydrogens (tertiary/aromatic N) is 2. The third-order valence-electron chi connectivity index (χ3n) is 2.89. The molecule has 1 fully saturated rings. The number of rotatable bonds is 4. The zero-order chi connectivity index (χ0) is 12.3. The van der Waals surface area contributed by atoms with Gasteiger partial charge in [-0.05, 0) is 12.8 Å². The van der Waals surface area contributed by atoms with E-state index >= 15 is 0 Å². The molecule has 2 N–H and O–H groups in total. The van der Waals surface area contributed by atoms with Crippen molar-refractivity contribution in [3.63, 3.8) is 0 Å². The number of carbonyl (C=O) groups is 1. The summed E-state index contributed by atoms with van der Waals surface area (Å²) in [6.45, 7) is 1.02. The molecule has 1 rings (SSSR count). The lowest BCUT2D eigenvalue weighted by molar-refractivity contribution is -0.131. The van der Waals surface area contributed by atoms with Gasteiger partial charge in [0.1, 0.15) is 0 Å². The monoisotopic (exact) mass is 249 g/mol. The molecule has 94 valence electrons. The van der Waals surface area contributed by atoms with Gasteiger partial charge in [-0.2, -0.15) is 4.31 Å². The fraction of sp³-hybridized carbons (Fsp3) is 0.889. The van der Waals surface area contributed by atoms with E-state index in [1.807, 2.05) is 0 Å². The molecule has 0 aromatic rings. The molecule has 1 aliphatic heterocycles. The Morgan fingerprint density at radius 2 is 2.19 bits per heavy atom. The van der Waals surface area contributed by atoms with Crippen molar-refractivity contribution in [3.8, 4) is 0 Å². The van der Waals surface area contributed by atoms with E-state index in [-0.39, 0.29) is 18.5 Å². The zero-order valence-electron chi connectivity index (χ0n) is 9.72. The largest absolute Gasteiger partial charge is 0.337 e. The second-order valence-corrected chi connectivity index (χ2v) is 6.23. The summed E-state index contributed by atoms with van der Waals surface area (Å²) in [5.41, 5.74) is 5.55. The summed E-state index contributed by atoms with van der Waals surface area (Å²) in [7, 11) is -1.89. The minimum atomic E-state index is -3.30. The van der Waals surface area contributed by atoms with Crippen LogP contribution in [-0.2, 0) is 14.8 Å². The number of amides is 1. The van der Waals surface area contributed by atoms with Crippen molar-refractivity contribution in [3.05, 3.63) is 0 Å². The maximum atomic E-state index is 11.8. The van der Waals surface area contributed by atoms with Crippen molar-refractivity contribution >= 4 is 15.9 Å². The molecule has 0 aromatic heterocycles. The number of likely N-dealkylation sites (tertiary alicyclic amines) is 1.